The van der Waals surface area contributed by atoms with E-state index in [-0.39, 0.29) is 17.9 Å². The molecule has 41 heavy (non-hydrogen) atoms. The van der Waals surface area contributed by atoms with Crippen LogP contribution in [0.3, 0.4) is 0 Å². The first-order valence-electron chi connectivity index (χ1n) is 13.4. The van der Waals surface area contributed by atoms with Gasteiger partial charge in [-0.25, -0.2) is 18.2 Å². The van der Waals surface area contributed by atoms with Crippen molar-refractivity contribution in [1.29, 1.82) is 0 Å². The van der Waals surface area contributed by atoms with Gasteiger partial charge in [-0.15, -0.1) is 0 Å². The van der Waals surface area contributed by atoms with E-state index in [4.69, 9.17) is 4.84 Å². The van der Waals surface area contributed by atoms with Crippen LogP contribution in [0.25, 0.3) is 21.8 Å². The Balaban J connectivity index is 1.30. The second-order valence-corrected chi connectivity index (χ2v) is 11.6. The molecule has 13 heteroatoms. The summed E-state index contributed by atoms with van der Waals surface area (Å²) in [5.41, 5.74) is 2.03. The second kappa shape index (κ2) is 12.2. The number of aromatic nitrogens is 2. The summed E-state index contributed by atoms with van der Waals surface area (Å²) in [6, 6.07) is 18.5. The zero-order valence-corrected chi connectivity index (χ0v) is 23.0. The number of aliphatic carboxylic acids is 1. The van der Waals surface area contributed by atoms with Crippen LogP contribution in [0, 0.1) is 0 Å². The number of fused-ring (bicyclic) bond motifs is 2. The molecular weight excluding hydrogens is 548 g/mol. The van der Waals surface area contributed by atoms with Crippen molar-refractivity contribution in [2.45, 2.75) is 48.7 Å². The molecule has 0 bridgehead atoms. The van der Waals surface area contributed by atoms with Crippen molar-refractivity contribution in [2.24, 2.45) is 0 Å². The molecule has 1 fully saturated rings. The first-order chi connectivity index (χ1) is 19.8. The van der Waals surface area contributed by atoms with Gasteiger partial charge in [0.15, 0.2) is 0 Å². The largest absolute Gasteiger partial charge is 0.478 e. The molecule has 0 spiro atoms. The van der Waals surface area contributed by atoms with Gasteiger partial charge in [-0.1, -0.05) is 55.0 Å². The minimum Gasteiger partial charge on any atom is -0.478 e. The zero-order valence-electron chi connectivity index (χ0n) is 22.2. The van der Waals surface area contributed by atoms with Gasteiger partial charge in [-0.05, 0) is 49.3 Å². The highest BCUT2D eigenvalue weighted by Gasteiger charge is 2.45. The number of carboxylic acid groups (broad SMARTS) is 1. The van der Waals surface area contributed by atoms with E-state index in [1.807, 2.05) is 24.3 Å². The van der Waals surface area contributed by atoms with E-state index >= 15 is 0 Å². The van der Waals surface area contributed by atoms with Crippen LogP contribution in [-0.2, 0) is 24.4 Å². The summed E-state index contributed by atoms with van der Waals surface area (Å²) in [4.78, 5) is 38.3. The van der Waals surface area contributed by atoms with Gasteiger partial charge in [-0.3, -0.25) is 4.79 Å². The van der Waals surface area contributed by atoms with E-state index in [2.05, 4.69) is 30.8 Å². The number of aromatic amines is 1. The number of unbranched alkanes of at least 4 members (excludes halogenated alkanes) is 2. The molecule has 0 aliphatic carbocycles. The third-order valence-corrected chi connectivity index (χ3v) is 8.56. The highest BCUT2D eigenvalue weighted by Crippen LogP contribution is 2.25. The van der Waals surface area contributed by atoms with Crippen molar-refractivity contribution < 1.29 is 28.0 Å². The number of imidazole rings is 1. The summed E-state index contributed by atoms with van der Waals surface area (Å²) in [5.74, 6) is -1.54. The average Bonchev–Trinajstić information content (AvgIpc) is 3.64. The van der Waals surface area contributed by atoms with Crippen molar-refractivity contribution in [2.75, 3.05) is 18.5 Å². The SMILES string of the molecule is O=C(NC(CCCCCNc1nc2ccccc2[nH]1)(NS(=O)(=O)c1cccc2ccccc12)C(=O)O)C1CCON1. The Morgan fingerprint density at radius 2 is 1.80 bits per heavy atom. The molecule has 12 nitrogen and oxygen atoms in total. The predicted octanol–water partition coefficient (Wildman–Crippen LogP) is 2.86. The Morgan fingerprint density at radius 1 is 1.02 bits per heavy atom. The molecule has 2 heterocycles. The summed E-state index contributed by atoms with van der Waals surface area (Å²) in [6.07, 6.45) is 1.70. The minimum atomic E-state index is -4.38. The first kappa shape index (κ1) is 28.5. The predicted molar refractivity (Wildman–Crippen MR) is 153 cm³/mol. The highest BCUT2D eigenvalue weighted by molar-refractivity contribution is 7.89. The number of hydrogen-bond acceptors (Lipinski definition) is 8. The van der Waals surface area contributed by atoms with Crippen LogP contribution in [-0.4, -0.2) is 60.2 Å². The van der Waals surface area contributed by atoms with Crippen molar-refractivity contribution in [1.82, 2.24) is 25.5 Å². The molecule has 1 saturated heterocycles. The Bertz CT molecular complexity index is 1610. The summed E-state index contributed by atoms with van der Waals surface area (Å²) in [6.45, 7) is 0.843. The van der Waals surface area contributed by atoms with E-state index in [9.17, 15) is 23.1 Å². The number of amides is 1. The number of rotatable bonds is 13. The number of benzene rings is 3. The summed E-state index contributed by atoms with van der Waals surface area (Å²) >= 11 is 0. The van der Waals surface area contributed by atoms with E-state index in [0.29, 0.717) is 48.9 Å². The number of nitrogens with one attached hydrogen (secondary N) is 5. The maximum Gasteiger partial charge on any atom is 0.345 e. The second-order valence-electron chi connectivity index (χ2n) is 9.93. The van der Waals surface area contributed by atoms with Crippen LogP contribution >= 0.6 is 0 Å². The number of H-pyrrole nitrogens is 1. The van der Waals surface area contributed by atoms with Crippen LogP contribution in [0.15, 0.2) is 71.6 Å². The summed E-state index contributed by atoms with van der Waals surface area (Å²) in [7, 11) is -4.38. The van der Waals surface area contributed by atoms with Crippen LogP contribution in [0.5, 0.6) is 0 Å². The number of sulfonamides is 1. The van der Waals surface area contributed by atoms with Gasteiger partial charge in [0, 0.05) is 11.9 Å². The molecule has 3 aromatic carbocycles. The number of nitrogens with zero attached hydrogens (tertiary/aromatic N) is 1. The number of hydroxylamine groups is 1. The van der Waals surface area contributed by atoms with E-state index in [0.717, 1.165) is 11.0 Å². The molecule has 216 valence electrons. The molecule has 4 aromatic rings. The van der Waals surface area contributed by atoms with Crippen LogP contribution in [0.4, 0.5) is 5.95 Å². The molecule has 0 saturated carbocycles. The number of anilines is 1. The van der Waals surface area contributed by atoms with E-state index in [1.165, 1.54) is 6.07 Å². The highest BCUT2D eigenvalue weighted by atomic mass is 32.2. The lowest BCUT2D eigenvalue weighted by atomic mass is 10.0. The summed E-state index contributed by atoms with van der Waals surface area (Å²) in [5, 5.41) is 17.2. The minimum absolute atomic E-state index is 0.0761. The van der Waals surface area contributed by atoms with Gasteiger partial charge in [0.2, 0.25) is 27.5 Å². The molecule has 1 amide bonds. The van der Waals surface area contributed by atoms with Crippen LogP contribution in [0.2, 0.25) is 0 Å². The van der Waals surface area contributed by atoms with Gasteiger partial charge in [0.25, 0.3) is 0 Å². The third kappa shape index (κ3) is 6.49. The Morgan fingerprint density at radius 3 is 2.59 bits per heavy atom. The Hall–Kier alpha value is -4.04. The number of para-hydroxylation sites is 2. The van der Waals surface area contributed by atoms with Gasteiger partial charge in [-0.2, -0.15) is 10.2 Å². The molecule has 1 aliphatic heterocycles. The molecule has 0 radical (unpaired) electrons. The Labute approximate surface area is 236 Å². The number of hydrogen-bond donors (Lipinski definition) is 6. The van der Waals surface area contributed by atoms with Crippen molar-refractivity contribution in [3.63, 3.8) is 0 Å². The smallest absolute Gasteiger partial charge is 0.345 e. The van der Waals surface area contributed by atoms with Gasteiger partial charge in [0.1, 0.15) is 6.04 Å². The molecule has 1 aliphatic rings. The summed E-state index contributed by atoms with van der Waals surface area (Å²) < 4.78 is 29.6. The normalized spacial score (nSPS) is 16.9. The topological polar surface area (TPSA) is 175 Å². The maximum absolute atomic E-state index is 13.6. The molecule has 5 rings (SSSR count). The zero-order chi connectivity index (χ0) is 28.9. The average molecular weight is 581 g/mol. The lowest BCUT2D eigenvalue weighted by Gasteiger charge is -2.32. The molecule has 6 N–H and O–H groups in total. The number of carbonyl (C=O) groups excluding carboxylic acids is 1. The number of carbonyl (C=O) groups is 2. The van der Waals surface area contributed by atoms with E-state index < -0.39 is 33.6 Å². The first-order valence-corrected chi connectivity index (χ1v) is 14.9. The van der Waals surface area contributed by atoms with Crippen molar-refractivity contribution in [3.05, 3.63) is 66.7 Å². The lowest BCUT2D eigenvalue weighted by molar-refractivity contribution is -0.149. The van der Waals surface area contributed by atoms with Crippen molar-refractivity contribution in [3.8, 4) is 0 Å². The quantitative estimate of drug-likeness (QED) is 0.103. The fraction of sp³-hybridized carbons (Fsp3) is 0.321. The number of carboxylic acids is 1. The van der Waals surface area contributed by atoms with Gasteiger partial charge >= 0.3 is 5.97 Å². The maximum atomic E-state index is 13.6. The van der Waals surface area contributed by atoms with Gasteiger partial charge in [0.05, 0.1) is 22.5 Å². The third-order valence-electron chi connectivity index (χ3n) is 7.01. The van der Waals surface area contributed by atoms with Crippen LogP contribution in [0.1, 0.15) is 32.1 Å². The van der Waals surface area contributed by atoms with Gasteiger partial charge < -0.3 is 25.6 Å². The van der Waals surface area contributed by atoms with Crippen molar-refractivity contribution >= 4 is 49.7 Å². The van der Waals surface area contributed by atoms with Crippen LogP contribution < -0.4 is 20.8 Å². The molecule has 2 atom stereocenters. The lowest BCUT2D eigenvalue weighted by Crippen LogP contribution is -2.67. The molecule has 2 unspecified atom stereocenters. The molecular formula is C28H32N6O6S. The fourth-order valence-corrected chi connectivity index (χ4v) is 6.41. The molecule has 1 aromatic heterocycles. The standard InChI is InChI=1S/C28H32N6O6S/c35-25(23-15-18-40-33-23)32-28(26(36)37,34-41(38,39)24-14-8-10-19-9-2-3-11-20(19)24)16-6-1-7-17-29-27-30-21-12-4-5-13-22(21)31-27/h2-5,8-14,23,33-34H,1,6-7,15-18H2,(H,32,35)(H,36,37)(H2,29,30,31). The fourth-order valence-electron chi connectivity index (χ4n) is 4.87. The van der Waals surface area contributed by atoms with E-state index in [1.54, 1.807) is 36.4 Å². The Kier molecular flexibility index (Phi) is 8.49. The monoisotopic (exact) mass is 580 g/mol.